The molecule has 0 amide bonds. The predicted molar refractivity (Wildman–Crippen MR) is 344 cm³/mol. The molecule has 2 heterocycles. The first-order valence-electron chi connectivity index (χ1n) is 28.4. The molecule has 2 aromatic heterocycles. The van der Waals surface area contributed by atoms with Crippen LogP contribution < -0.4 is 0 Å². The third kappa shape index (κ3) is 5.35. The Morgan fingerprint density at radius 2 is 0.588 bits per heavy atom. The highest BCUT2D eigenvalue weighted by molar-refractivity contribution is 6.39. The average molecular weight is 1020 g/mol. The topological polar surface area (TPSA) is 31.6 Å². The Kier molecular flexibility index (Phi) is 7.93. The third-order valence-electron chi connectivity index (χ3n) is 19.8. The summed E-state index contributed by atoms with van der Waals surface area (Å²) in [6.45, 7) is 9.64. The van der Waals surface area contributed by atoms with Gasteiger partial charge in [0.1, 0.15) is 0 Å². The van der Waals surface area contributed by atoms with E-state index in [-0.39, 0.29) is 10.8 Å². The van der Waals surface area contributed by atoms with Crippen LogP contribution in [0.2, 0.25) is 0 Å². The molecule has 0 aliphatic rings. The molecule has 372 valence electrons. The second-order valence-corrected chi connectivity index (χ2v) is 24.4. The summed E-state index contributed by atoms with van der Waals surface area (Å²) in [5, 5.41) is 35.6. The van der Waals surface area contributed by atoms with E-state index in [4.69, 9.17) is 0 Å². The van der Waals surface area contributed by atoms with Gasteiger partial charge in [0.15, 0.2) is 0 Å². The van der Waals surface area contributed by atoms with Gasteiger partial charge in [0, 0.05) is 49.8 Å². The summed E-state index contributed by atoms with van der Waals surface area (Å²) in [5.74, 6) is 0. The molecule has 0 aliphatic carbocycles. The Labute approximate surface area is 460 Å². The molecule has 19 aromatic rings. The molecule has 17 aromatic carbocycles. The quantitative estimate of drug-likeness (QED) is 0.156. The second kappa shape index (κ2) is 14.7. The molecule has 0 unspecified atom stereocenters. The van der Waals surface area contributed by atoms with Crippen LogP contribution in [0.4, 0.5) is 0 Å². The van der Waals surface area contributed by atoms with Gasteiger partial charge in [0.2, 0.25) is 0 Å². The van der Waals surface area contributed by atoms with Gasteiger partial charge in [0.05, 0.1) is 5.52 Å². The Morgan fingerprint density at radius 1 is 0.237 bits per heavy atom. The first kappa shape index (κ1) is 43.2. The zero-order chi connectivity index (χ0) is 52.7. The standard InChI is InChI=1S/C78H50N2/c1-77(2,61-34-23-45-12-11-41-7-5-9-43-19-30-55(61)71(45)67(41)43)62-35-24-48-17-28-53-51(26-15-46-20-31-56(62)72(48)69(46)53)64-37-38-65(79-64)52-27-16-47-21-32-57-63(36-25-49-18-29-54(52)70(47)73(49)57)78(3,4)66-40-60-59-39-50-14-13-42-8-6-10-44-22-33-58(74(50)68(42)44)75(59)76(60)80-66/h5-40,79-80H,1-4H3. The molecular formula is C78H50N2. The zero-order valence-corrected chi connectivity index (χ0v) is 44.8. The van der Waals surface area contributed by atoms with E-state index in [0.29, 0.717) is 0 Å². The summed E-state index contributed by atoms with van der Waals surface area (Å²) in [6.07, 6.45) is 0. The van der Waals surface area contributed by atoms with Crippen LogP contribution in [0.15, 0.2) is 218 Å². The highest BCUT2D eigenvalue weighted by Crippen LogP contribution is 2.51. The third-order valence-corrected chi connectivity index (χ3v) is 19.8. The van der Waals surface area contributed by atoms with Crippen molar-refractivity contribution in [3.05, 3.63) is 241 Å². The number of fused-ring (bicyclic) bond motifs is 5. The van der Waals surface area contributed by atoms with Crippen LogP contribution in [-0.2, 0) is 10.8 Å². The second-order valence-electron chi connectivity index (χ2n) is 24.4. The first-order chi connectivity index (χ1) is 39.2. The summed E-state index contributed by atoms with van der Waals surface area (Å²) in [6, 6.07) is 83.6. The maximum absolute atomic E-state index is 4.02. The van der Waals surface area contributed by atoms with Crippen molar-refractivity contribution in [2.75, 3.05) is 0 Å². The molecule has 2 N–H and O–H groups in total. The molecule has 0 aliphatic heterocycles. The molecule has 2 heteroatoms. The predicted octanol–water partition coefficient (Wildman–Crippen LogP) is 21.7. The molecule has 0 saturated heterocycles. The van der Waals surface area contributed by atoms with Gasteiger partial charge in [-0.1, -0.05) is 222 Å². The van der Waals surface area contributed by atoms with E-state index < -0.39 is 0 Å². The molecule has 0 spiro atoms. The highest BCUT2D eigenvalue weighted by Gasteiger charge is 2.32. The number of hydrogen-bond donors (Lipinski definition) is 2. The highest BCUT2D eigenvalue weighted by atomic mass is 14.8. The fourth-order valence-corrected chi connectivity index (χ4v) is 15.9. The fraction of sp³-hybridized carbons (Fsp3) is 0.0769. The normalized spacial score (nSPS) is 13.2. The Hall–Kier alpha value is -9.76. The summed E-state index contributed by atoms with van der Waals surface area (Å²) in [5.41, 5.74) is 10.6. The SMILES string of the molecule is CC(C)(c1cc2c3cc4ccc5cccc6ccc(c3c2[nH]1)c4c56)c1ccc2ccc3c(-c4ccc(-c5ccc6ccc7c(C(C)(C)c8ccc9ccc%10cccc%11ccc8c9c%10%11)ccc8ccc5c6c87)[nH]4)ccc4ccc1c2c43. The minimum Gasteiger partial charge on any atom is -0.357 e. The lowest BCUT2D eigenvalue weighted by atomic mass is 9.73. The number of benzene rings is 16. The Morgan fingerprint density at radius 3 is 1.07 bits per heavy atom. The number of rotatable bonds is 6. The Balaban J connectivity index is 0.717. The van der Waals surface area contributed by atoms with Crippen LogP contribution in [0, 0.1) is 0 Å². The molecule has 0 saturated carbocycles. The van der Waals surface area contributed by atoms with E-state index in [1.54, 1.807) is 0 Å². The average Bonchev–Trinajstić information content (AvgIpc) is 4.29. The van der Waals surface area contributed by atoms with Crippen molar-refractivity contribution in [1.82, 2.24) is 9.97 Å². The summed E-state index contributed by atoms with van der Waals surface area (Å²) >= 11 is 0. The lowest BCUT2D eigenvalue weighted by Crippen LogP contribution is -2.20. The van der Waals surface area contributed by atoms with Crippen molar-refractivity contribution < 1.29 is 0 Å². The molecule has 0 bridgehead atoms. The summed E-state index contributed by atoms with van der Waals surface area (Å²) in [4.78, 5) is 8.01. The fourth-order valence-electron chi connectivity index (χ4n) is 15.9. The molecule has 19 rings (SSSR count). The molecule has 2 nitrogen and oxygen atoms in total. The maximum Gasteiger partial charge on any atom is 0.0548 e. The van der Waals surface area contributed by atoms with Crippen molar-refractivity contribution in [3.63, 3.8) is 0 Å². The van der Waals surface area contributed by atoms with E-state index in [2.05, 4.69) is 256 Å². The van der Waals surface area contributed by atoms with Gasteiger partial charge in [-0.05, 0) is 176 Å². The number of aromatic amines is 2. The minimum absolute atomic E-state index is 0.276. The van der Waals surface area contributed by atoms with Crippen molar-refractivity contribution in [2.24, 2.45) is 0 Å². The lowest BCUT2D eigenvalue weighted by Gasteiger charge is -2.30. The van der Waals surface area contributed by atoms with Gasteiger partial charge >= 0.3 is 0 Å². The van der Waals surface area contributed by atoms with E-state index >= 15 is 0 Å². The van der Waals surface area contributed by atoms with E-state index in [9.17, 15) is 0 Å². The van der Waals surface area contributed by atoms with Gasteiger partial charge in [-0.25, -0.2) is 0 Å². The summed E-state index contributed by atoms with van der Waals surface area (Å²) in [7, 11) is 0. The molecular weight excluding hydrogens is 965 g/mol. The van der Waals surface area contributed by atoms with Gasteiger partial charge < -0.3 is 9.97 Å². The van der Waals surface area contributed by atoms with Crippen LogP contribution in [0.3, 0.4) is 0 Å². The maximum atomic E-state index is 4.02. The van der Waals surface area contributed by atoms with E-state index in [0.717, 1.165) is 11.4 Å². The largest absolute Gasteiger partial charge is 0.357 e. The van der Waals surface area contributed by atoms with E-state index in [1.807, 2.05) is 0 Å². The lowest BCUT2D eigenvalue weighted by molar-refractivity contribution is 0.629. The Bertz CT molecular complexity index is 5810. The van der Waals surface area contributed by atoms with Crippen molar-refractivity contribution in [1.29, 1.82) is 0 Å². The number of H-pyrrole nitrogens is 2. The number of nitrogens with one attached hydrogen (secondary N) is 2. The van der Waals surface area contributed by atoms with Crippen molar-refractivity contribution >= 4 is 151 Å². The smallest absolute Gasteiger partial charge is 0.0548 e. The van der Waals surface area contributed by atoms with Gasteiger partial charge in [0.25, 0.3) is 0 Å². The minimum atomic E-state index is -0.301. The molecule has 0 fully saturated rings. The van der Waals surface area contributed by atoms with E-state index in [1.165, 1.54) is 184 Å². The number of hydrogen-bond acceptors (Lipinski definition) is 0. The summed E-state index contributed by atoms with van der Waals surface area (Å²) < 4.78 is 0. The van der Waals surface area contributed by atoms with Crippen LogP contribution in [0.5, 0.6) is 0 Å². The first-order valence-corrected chi connectivity index (χ1v) is 28.4. The zero-order valence-electron chi connectivity index (χ0n) is 44.8. The monoisotopic (exact) mass is 1010 g/mol. The van der Waals surface area contributed by atoms with Gasteiger partial charge in [-0.2, -0.15) is 0 Å². The van der Waals surface area contributed by atoms with Crippen LogP contribution >= 0.6 is 0 Å². The van der Waals surface area contributed by atoms with Crippen molar-refractivity contribution in [3.8, 4) is 22.5 Å². The molecule has 0 radical (unpaired) electrons. The van der Waals surface area contributed by atoms with Gasteiger partial charge in [-0.3, -0.25) is 0 Å². The van der Waals surface area contributed by atoms with Crippen LogP contribution in [0.25, 0.3) is 173 Å². The molecule has 0 atom stereocenters. The van der Waals surface area contributed by atoms with Crippen molar-refractivity contribution in [2.45, 2.75) is 38.5 Å². The molecule has 80 heavy (non-hydrogen) atoms. The number of aromatic nitrogens is 2. The van der Waals surface area contributed by atoms with Gasteiger partial charge in [-0.15, -0.1) is 0 Å². The van der Waals surface area contributed by atoms with Crippen LogP contribution in [0.1, 0.15) is 50.1 Å². The van der Waals surface area contributed by atoms with Crippen LogP contribution in [-0.4, -0.2) is 9.97 Å².